The molecule has 2 aromatic rings. The number of nitrogens with one attached hydrogen (secondary N) is 1. The molecular formula is C15H17ClN2O. The van der Waals surface area contributed by atoms with Crippen LogP contribution in [-0.2, 0) is 0 Å². The summed E-state index contributed by atoms with van der Waals surface area (Å²) in [4.78, 5) is 16.3. The first-order valence-electron chi connectivity index (χ1n) is 6.48. The highest BCUT2D eigenvalue weighted by atomic mass is 35.5. The maximum absolute atomic E-state index is 11.9. The molecule has 0 aliphatic carbocycles. The Kier molecular flexibility index (Phi) is 4.74. The lowest BCUT2D eigenvalue weighted by Crippen LogP contribution is -2.26. The number of carbonyl (C=O) groups is 1. The number of para-hydroxylation sites is 1. The van der Waals surface area contributed by atoms with E-state index in [1.807, 2.05) is 37.3 Å². The maximum atomic E-state index is 11.9. The van der Waals surface area contributed by atoms with Gasteiger partial charge < -0.3 is 5.32 Å². The van der Waals surface area contributed by atoms with Crippen LogP contribution in [0.2, 0.25) is 0 Å². The third-order valence-corrected chi connectivity index (χ3v) is 3.54. The van der Waals surface area contributed by atoms with E-state index in [-0.39, 0.29) is 11.3 Å². The first kappa shape index (κ1) is 13.8. The highest BCUT2D eigenvalue weighted by molar-refractivity contribution is 6.20. The molecule has 19 heavy (non-hydrogen) atoms. The van der Waals surface area contributed by atoms with Gasteiger partial charge in [-0.3, -0.25) is 4.79 Å². The molecule has 100 valence electrons. The second-order valence-electron chi connectivity index (χ2n) is 4.44. The molecule has 1 heterocycles. The average Bonchev–Trinajstić information content (AvgIpc) is 2.46. The molecule has 0 bridgehead atoms. The first-order chi connectivity index (χ1) is 9.20. The molecule has 2 rings (SSSR count). The van der Waals surface area contributed by atoms with Crippen molar-refractivity contribution in [3.63, 3.8) is 0 Å². The monoisotopic (exact) mass is 276 g/mol. The van der Waals surface area contributed by atoms with Crippen LogP contribution in [0.5, 0.6) is 0 Å². The van der Waals surface area contributed by atoms with Gasteiger partial charge in [-0.15, -0.1) is 11.6 Å². The van der Waals surface area contributed by atoms with E-state index in [2.05, 4.69) is 10.3 Å². The van der Waals surface area contributed by atoms with E-state index < -0.39 is 0 Å². The number of alkyl halides is 1. The Bertz CT molecular complexity index is 571. The Morgan fingerprint density at radius 3 is 2.89 bits per heavy atom. The van der Waals surface area contributed by atoms with E-state index >= 15 is 0 Å². The van der Waals surface area contributed by atoms with Gasteiger partial charge in [0.1, 0.15) is 5.69 Å². The van der Waals surface area contributed by atoms with Gasteiger partial charge in [0.25, 0.3) is 5.91 Å². The van der Waals surface area contributed by atoms with Gasteiger partial charge in [-0.1, -0.05) is 31.2 Å². The summed E-state index contributed by atoms with van der Waals surface area (Å²) in [5.74, 6) is -0.147. The Morgan fingerprint density at radius 1 is 1.32 bits per heavy atom. The minimum atomic E-state index is -0.147. The number of fused-ring (bicyclic) bond motifs is 1. The van der Waals surface area contributed by atoms with Crippen molar-refractivity contribution in [3.05, 3.63) is 42.1 Å². The second-order valence-corrected chi connectivity index (χ2v) is 5.06. The van der Waals surface area contributed by atoms with E-state index in [4.69, 9.17) is 11.6 Å². The number of rotatable bonds is 5. The number of hydrogen-bond acceptors (Lipinski definition) is 2. The van der Waals surface area contributed by atoms with Crippen LogP contribution in [0.4, 0.5) is 0 Å². The Morgan fingerprint density at radius 2 is 2.11 bits per heavy atom. The summed E-state index contributed by atoms with van der Waals surface area (Å²) in [6.45, 7) is 2.61. The number of hydrogen-bond donors (Lipinski definition) is 1. The smallest absolute Gasteiger partial charge is 0.269 e. The zero-order chi connectivity index (χ0) is 13.7. The Balaban J connectivity index is 2.01. The van der Waals surface area contributed by atoms with E-state index in [1.54, 1.807) is 6.07 Å². The van der Waals surface area contributed by atoms with Gasteiger partial charge in [0.2, 0.25) is 0 Å². The predicted octanol–water partition coefficient (Wildman–Crippen LogP) is 3.37. The molecule has 0 saturated carbocycles. The minimum Gasteiger partial charge on any atom is -0.351 e. The molecule has 0 aliphatic rings. The lowest BCUT2D eigenvalue weighted by molar-refractivity contribution is 0.0948. The zero-order valence-electron chi connectivity index (χ0n) is 10.9. The highest BCUT2D eigenvalue weighted by Crippen LogP contribution is 2.11. The third-order valence-electron chi connectivity index (χ3n) is 3.02. The molecule has 0 radical (unpaired) electrons. The summed E-state index contributed by atoms with van der Waals surface area (Å²) >= 11 is 6.01. The van der Waals surface area contributed by atoms with Crippen molar-refractivity contribution in [3.8, 4) is 0 Å². The van der Waals surface area contributed by atoms with E-state index in [0.717, 1.165) is 23.7 Å². The molecule has 1 atom stereocenters. The molecule has 3 nitrogen and oxygen atoms in total. The maximum Gasteiger partial charge on any atom is 0.269 e. The Hall–Kier alpha value is -1.61. The third kappa shape index (κ3) is 3.67. The molecule has 1 unspecified atom stereocenters. The fourth-order valence-electron chi connectivity index (χ4n) is 1.83. The van der Waals surface area contributed by atoms with Gasteiger partial charge in [-0.05, 0) is 25.0 Å². The number of halogens is 1. The minimum absolute atomic E-state index is 0.116. The van der Waals surface area contributed by atoms with Crippen LogP contribution in [-0.4, -0.2) is 22.8 Å². The lowest BCUT2D eigenvalue weighted by Gasteiger charge is -2.08. The first-order valence-corrected chi connectivity index (χ1v) is 6.92. The van der Waals surface area contributed by atoms with Crippen LogP contribution < -0.4 is 5.32 Å². The number of nitrogens with zero attached hydrogens (tertiary/aromatic N) is 1. The molecule has 4 heteroatoms. The topological polar surface area (TPSA) is 42.0 Å². The quantitative estimate of drug-likeness (QED) is 0.851. The molecule has 0 saturated heterocycles. The van der Waals surface area contributed by atoms with Crippen molar-refractivity contribution in [1.82, 2.24) is 10.3 Å². The number of aromatic nitrogens is 1. The summed E-state index contributed by atoms with van der Waals surface area (Å²) in [7, 11) is 0. The molecular weight excluding hydrogens is 260 g/mol. The SMILES string of the molecule is CCC(Cl)CCNC(=O)c1ccc2ccccc2n1. The van der Waals surface area contributed by atoms with Gasteiger partial charge in [0.15, 0.2) is 0 Å². The molecule has 0 spiro atoms. The van der Waals surface area contributed by atoms with Crippen LogP contribution in [0.15, 0.2) is 36.4 Å². The summed E-state index contributed by atoms with van der Waals surface area (Å²) in [6, 6.07) is 11.4. The Labute approximate surface area is 118 Å². The molecule has 0 fully saturated rings. The van der Waals surface area contributed by atoms with Gasteiger partial charge in [0.05, 0.1) is 5.52 Å². The van der Waals surface area contributed by atoms with Crippen molar-refractivity contribution in [2.75, 3.05) is 6.54 Å². The van der Waals surface area contributed by atoms with Gasteiger partial charge >= 0.3 is 0 Å². The van der Waals surface area contributed by atoms with Crippen molar-refractivity contribution in [2.45, 2.75) is 25.1 Å². The summed E-state index contributed by atoms with van der Waals surface area (Å²) in [6.07, 6.45) is 1.68. The van der Waals surface area contributed by atoms with Crippen molar-refractivity contribution >= 4 is 28.4 Å². The number of benzene rings is 1. The van der Waals surface area contributed by atoms with Crippen LogP contribution in [0.3, 0.4) is 0 Å². The van der Waals surface area contributed by atoms with Crippen molar-refractivity contribution < 1.29 is 4.79 Å². The van der Waals surface area contributed by atoms with Crippen LogP contribution in [0.1, 0.15) is 30.3 Å². The summed E-state index contributed by atoms with van der Waals surface area (Å²) in [5.41, 5.74) is 1.28. The predicted molar refractivity (Wildman–Crippen MR) is 78.6 cm³/mol. The van der Waals surface area contributed by atoms with Crippen molar-refractivity contribution in [2.24, 2.45) is 0 Å². The standard InChI is InChI=1S/C15H17ClN2O/c1-2-12(16)9-10-17-15(19)14-8-7-11-5-3-4-6-13(11)18-14/h3-8,12H,2,9-10H2,1H3,(H,17,19). The molecule has 0 aliphatic heterocycles. The number of carbonyl (C=O) groups excluding carboxylic acids is 1. The van der Waals surface area contributed by atoms with Gasteiger partial charge in [-0.2, -0.15) is 0 Å². The second kappa shape index (κ2) is 6.53. The number of pyridine rings is 1. The van der Waals surface area contributed by atoms with E-state index in [9.17, 15) is 4.79 Å². The molecule has 1 N–H and O–H groups in total. The van der Waals surface area contributed by atoms with Crippen molar-refractivity contribution in [1.29, 1.82) is 0 Å². The van der Waals surface area contributed by atoms with Gasteiger partial charge in [-0.25, -0.2) is 4.98 Å². The number of amides is 1. The van der Waals surface area contributed by atoms with E-state index in [0.29, 0.717) is 12.2 Å². The lowest BCUT2D eigenvalue weighted by atomic mass is 10.2. The highest BCUT2D eigenvalue weighted by Gasteiger charge is 2.08. The molecule has 1 aromatic carbocycles. The fourth-order valence-corrected chi connectivity index (χ4v) is 1.94. The summed E-state index contributed by atoms with van der Waals surface area (Å²) in [5, 5.41) is 3.99. The largest absolute Gasteiger partial charge is 0.351 e. The fraction of sp³-hybridized carbons (Fsp3) is 0.333. The van der Waals surface area contributed by atoms with Crippen LogP contribution >= 0.6 is 11.6 Å². The normalized spacial score (nSPS) is 12.3. The van der Waals surface area contributed by atoms with E-state index in [1.165, 1.54) is 0 Å². The zero-order valence-corrected chi connectivity index (χ0v) is 11.7. The molecule has 1 amide bonds. The average molecular weight is 277 g/mol. The van der Waals surface area contributed by atoms with Crippen LogP contribution in [0, 0.1) is 0 Å². The molecule has 1 aromatic heterocycles. The summed E-state index contributed by atoms with van der Waals surface area (Å²) < 4.78 is 0. The van der Waals surface area contributed by atoms with Crippen LogP contribution in [0.25, 0.3) is 10.9 Å². The van der Waals surface area contributed by atoms with Gasteiger partial charge in [0, 0.05) is 17.3 Å².